The summed E-state index contributed by atoms with van der Waals surface area (Å²) in [7, 11) is 1.83. The minimum atomic E-state index is 0.641. The average molecular weight is 276 g/mol. The first-order valence-electron chi connectivity index (χ1n) is 5.51. The minimum Gasteiger partial charge on any atom is -0.357 e. The number of hydrogen-bond donors (Lipinski definition) is 2. The Morgan fingerprint density at radius 3 is 2.89 bits per heavy atom. The van der Waals surface area contributed by atoms with Gasteiger partial charge in [-0.15, -0.1) is 11.3 Å². The first-order chi connectivity index (χ1) is 8.76. The standard InChI is InChI=1S/C12H12N4S2/c1-7-5-9-10(14-8-3-4-17-6-8)15-12(13-2)16-11(9)18-7/h3-6H,1-2H3,(H2,13,14,15,16). The number of thiophene rings is 2. The van der Waals surface area contributed by atoms with Crippen LogP contribution in [0.3, 0.4) is 0 Å². The van der Waals surface area contributed by atoms with Gasteiger partial charge in [-0.2, -0.15) is 16.3 Å². The van der Waals surface area contributed by atoms with Crippen molar-refractivity contribution in [1.29, 1.82) is 0 Å². The van der Waals surface area contributed by atoms with Crippen molar-refractivity contribution in [3.05, 3.63) is 27.8 Å². The molecule has 0 aromatic carbocycles. The van der Waals surface area contributed by atoms with Gasteiger partial charge >= 0.3 is 0 Å². The SMILES string of the molecule is CNc1nc(Nc2ccsc2)c2cc(C)sc2n1. The zero-order valence-electron chi connectivity index (χ0n) is 10.0. The normalized spacial score (nSPS) is 10.8. The Kier molecular flexibility index (Phi) is 2.89. The maximum atomic E-state index is 4.49. The van der Waals surface area contributed by atoms with E-state index in [1.165, 1.54) is 4.88 Å². The Morgan fingerprint density at radius 2 is 2.17 bits per heavy atom. The van der Waals surface area contributed by atoms with Crippen LogP contribution in [0.2, 0.25) is 0 Å². The second-order valence-electron chi connectivity index (χ2n) is 3.86. The number of nitrogens with zero attached hydrogens (tertiary/aromatic N) is 2. The molecule has 0 amide bonds. The van der Waals surface area contributed by atoms with Gasteiger partial charge in [0.2, 0.25) is 5.95 Å². The quantitative estimate of drug-likeness (QED) is 0.763. The van der Waals surface area contributed by atoms with Crippen molar-refractivity contribution in [1.82, 2.24) is 9.97 Å². The van der Waals surface area contributed by atoms with Crippen molar-refractivity contribution >= 4 is 50.3 Å². The molecular formula is C12H12N4S2. The first-order valence-corrected chi connectivity index (χ1v) is 7.27. The van der Waals surface area contributed by atoms with Crippen LogP contribution in [0.25, 0.3) is 10.2 Å². The van der Waals surface area contributed by atoms with Crippen molar-refractivity contribution in [3.63, 3.8) is 0 Å². The molecule has 0 radical (unpaired) electrons. The lowest BCUT2D eigenvalue weighted by atomic mass is 10.3. The van der Waals surface area contributed by atoms with Gasteiger partial charge in [0.25, 0.3) is 0 Å². The molecule has 18 heavy (non-hydrogen) atoms. The van der Waals surface area contributed by atoms with Gasteiger partial charge in [0, 0.05) is 17.3 Å². The Balaban J connectivity index is 2.13. The van der Waals surface area contributed by atoms with Crippen LogP contribution in [0, 0.1) is 6.92 Å². The highest BCUT2D eigenvalue weighted by atomic mass is 32.1. The largest absolute Gasteiger partial charge is 0.357 e. The molecule has 4 nitrogen and oxygen atoms in total. The number of hydrogen-bond acceptors (Lipinski definition) is 6. The molecule has 0 saturated heterocycles. The second kappa shape index (κ2) is 4.55. The molecule has 2 N–H and O–H groups in total. The Bertz CT molecular complexity index is 673. The predicted octanol–water partition coefficient (Wildman–Crippen LogP) is 3.85. The molecule has 3 aromatic heterocycles. The highest BCUT2D eigenvalue weighted by molar-refractivity contribution is 7.18. The van der Waals surface area contributed by atoms with Crippen LogP contribution in [-0.2, 0) is 0 Å². The van der Waals surface area contributed by atoms with Crippen molar-refractivity contribution in [2.24, 2.45) is 0 Å². The zero-order chi connectivity index (χ0) is 12.5. The molecule has 6 heteroatoms. The summed E-state index contributed by atoms with van der Waals surface area (Å²) < 4.78 is 0. The molecule has 3 aromatic rings. The molecular weight excluding hydrogens is 264 g/mol. The molecule has 0 aliphatic rings. The minimum absolute atomic E-state index is 0.641. The predicted molar refractivity (Wildman–Crippen MR) is 79.3 cm³/mol. The van der Waals surface area contributed by atoms with Gasteiger partial charge < -0.3 is 10.6 Å². The molecule has 3 heterocycles. The molecule has 0 atom stereocenters. The van der Waals surface area contributed by atoms with Crippen molar-refractivity contribution < 1.29 is 0 Å². The summed E-state index contributed by atoms with van der Waals surface area (Å²) >= 11 is 3.34. The average Bonchev–Trinajstić information content (AvgIpc) is 2.97. The molecule has 0 fully saturated rings. The summed E-state index contributed by atoms with van der Waals surface area (Å²) in [4.78, 5) is 11.2. The van der Waals surface area contributed by atoms with E-state index in [9.17, 15) is 0 Å². The van der Waals surface area contributed by atoms with Crippen LogP contribution in [0.4, 0.5) is 17.5 Å². The Morgan fingerprint density at radius 1 is 1.28 bits per heavy atom. The van der Waals surface area contributed by atoms with Crippen LogP contribution < -0.4 is 10.6 Å². The number of nitrogens with one attached hydrogen (secondary N) is 2. The number of aromatic nitrogens is 2. The van der Waals surface area contributed by atoms with Gasteiger partial charge in [-0.05, 0) is 24.4 Å². The van der Waals surface area contributed by atoms with Crippen molar-refractivity contribution in [2.75, 3.05) is 17.7 Å². The summed E-state index contributed by atoms with van der Waals surface area (Å²) in [5.74, 6) is 1.49. The van der Waals surface area contributed by atoms with Gasteiger partial charge in [0.1, 0.15) is 10.6 Å². The van der Waals surface area contributed by atoms with Crippen LogP contribution in [-0.4, -0.2) is 17.0 Å². The number of fused-ring (bicyclic) bond motifs is 1. The topological polar surface area (TPSA) is 49.8 Å². The zero-order valence-corrected chi connectivity index (χ0v) is 11.7. The van der Waals surface area contributed by atoms with Crippen LogP contribution >= 0.6 is 22.7 Å². The number of aryl methyl sites for hydroxylation is 1. The van der Waals surface area contributed by atoms with Gasteiger partial charge in [-0.25, -0.2) is 4.98 Å². The lowest BCUT2D eigenvalue weighted by Gasteiger charge is -2.06. The third-order valence-corrected chi connectivity index (χ3v) is 4.15. The van der Waals surface area contributed by atoms with Gasteiger partial charge in [-0.3, -0.25) is 0 Å². The number of anilines is 3. The van der Waals surface area contributed by atoms with E-state index in [1.54, 1.807) is 22.7 Å². The molecule has 0 spiro atoms. The summed E-state index contributed by atoms with van der Waals surface area (Å²) in [6.45, 7) is 2.08. The highest BCUT2D eigenvalue weighted by Gasteiger charge is 2.10. The van der Waals surface area contributed by atoms with E-state index in [-0.39, 0.29) is 0 Å². The van der Waals surface area contributed by atoms with Gasteiger partial charge in [0.15, 0.2) is 0 Å². The van der Waals surface area contributed by atoms with Gasteiger partial charge in [0.05, 0.1) is 11.1 Å². The van der Waals surface area contributed by atoms with Gasteiger partial charge in [-0.1, -0.05) is 0 Å². The van der Waals surface area contributed by atoms with E-state index in [0.29, 0.717) is 5.95 Å². The molecule has 0 aliphatic heterocycles. The lowest BCUT2D eigenvalue weighted by molar-refractivity contribution is 1.20. The van der Waals surface area contributed by atoms with E-state index in [0.717, 1.165) is 21.7 Å². The molecule has 0 aliphatic carbocycles. The van der Waals surface area contributed by atoms with Crippen LogP contribution in [0.1, 0.15) is 4.88 Å². The Labute approximate surface area is 113 Å². The summed E-state index contributed by atoms with van der Waals surface area (Å²) in [5.41, 5.74) is 1.06. The van der Waals surface area contributed by atoms with Crippen LogP contribution in [0.5, 0.6) is 0 Å². The third kappa shape index (κ3) is 2.04. The summed E-state index contributed by atoms with van der Waals surface area (Å²) in [6.07, 6.45) is 0. The maximum Gasteiger partial charge on any atom is 0.225 e. The fraction of sp³-hybridized carbons (Fsp3) is 0.167. The van der Waals surface area contributed by atoms with Crippen molar-refractivity contribution in [2.45, 2.75) is 6.92 Å². The summed E-state index contributed by atoms with van der Waals surface area (Å²) in [6, 6.07) is 4.16. The Hall–Kier alpha value is -1.66. The lowest BCUT2D eigenvalue weighted by Crippen LogP contribution is -2.00. The van der Waals surface area contributed by atoms with E-state index in [1.807, 2.05) is 18.5 Å². The maximum absolute atomic E-state index is 4.49. The summed E-state index contributed by atoms with van der Waals surface area (Å²) in [5, 5.41) is 11.5. The second-order valence-corrected chi connectivity index (χ2v) is 5.87. The van der Waals surface area contributed by atoms with Crippen LogP contribution in [0.15, 0.2) is 22.9 Å². The smallest absolute Gasteiger partial charge is 0.225 e. The fourth-order valence-electron chi connectivity index (χ4n) is 1.72. The van der Waals surface area contributed by atoms with E-state index in [2.05, 4.69) is 39.0 Å². The molecule has 0 bridgehead atoms. The molecule has 0 saturated carbocycles. The van der Waals surface area contributed by atoms with E-state index in [4.69, 9.17) is 0 Å². The highest BCUT2D eigenvalue weighted by Crippen LogP contribution is 2.31. The molecule has 0 unspecified atom stereocenters. The van der Waals surface area contributed by atoms with E-state index >= 15 is 0 Å². The number of rotatable bonds is 3. The third-order valence-electron chi connectivity index (χ3n) is 2.52. The first kappa shape index (κ1) is 11.4. The van der Waals surface area contributed by atoms with Crippen molar-refractivity contribution in [3.8, 4) is 0 Å². The molecule has 92 valence electrons. The van der Waals surface area contributed by atoms with E-state index < -0.39 is 0 Å². The molecule has 3 rings (SSSR count). The fourth-order valence-corrected chi connectivity index (χ4v) is 3.19. The monoisotopic (exact) mass is 276 g/mol.